The van der Waals surface area contributed by atoms with E-state index in [0.29, 0.717) is 17.9 Å². The molecule has 0 fully saturated rings. The van der Waals surface area contributed by atoms with E-state index >= 15 is 0 Å². The second-order valence-electron chi connectivity index (χ2n) is 8.24. The zero-order valence-electron chi connectivity index (χ0n) is 19.5. The Labute approximate surface area is 203 Å². The van der Waals surface area contributed by atoms with Gasteiger partial charge < -0.3 is 19.0 Å². The third-order valence-corrected chi connectivity index (χ3v) is 5.74. The Balaban J connectivity index is 1.55. The maximum atomic E-state index is 13.4. The summed E-state index contributed by atoms with van der Waals surface area (Å²) < 4.78 is 24.0. The molecule has 35 heavy (non-hydrogen) atoms. The van der Waals surface area contributed by atoms with Crippen LogP contribution in [0.4, 0.5) is 4.39 Å². The lowest BCUT2D eigenvalue weighted by molar-refractivity contribution is -0.133. The number of fused-ring (bicyclic) bond motifs is 1. The summed E-state index contributed by atoms with van der Waals surface area (Å²) in [7, 11) is 1.55. The number of halogens is 1. The van der Waals surface area contributed by atoms with Crippen LogP contribution in [0.25, 0.3) is 10.8 Å². The second-order valence-corrected chi connectivity index (χ2v) is 8.24. The first-order chi connectivity index (χ1) is 17.0. The highest BCUT2D eigenvalue weighted by Crippen LogP contribution is 2.18. The minimum atomic E-state index is -0.343. The molecule has 0 spiro atoms. The van der Waals surface area contributed by atoms with Gasteiger partial charge in [0.05, 0.1) is 19.4 Å². The molecule has 6 nitrogen and oxygen atoms in total. The molecule has 0 unspecified atom stereocenters. The highest BCUT2D eigenvalue weighted by molar-refractivity contribution is 6.00. The van der Waals surface area contributed by atoms with Gasteiger partial charge in [-0.25, -0.2) is 4.39 Å². The van der Waals surface area contributed by atoms with Crippen LogP contribution in [0.15, 0.2) is 89.5 Å². The van der Waals surface area contributed by atoms with E-state index in [9.17, 15) is 14.0 Å². The van der Waals surface area contributed by atoms with E-state index in [2.05, 4.69) is 0 Å². The predicted octanol–water partition coefficient (Wildman–Crippen LogP) is 4.89. The van der Waals surface area contributed by atoms with Crippen LogP contribution in [0.1, 0.15) is 21.7 Å². The van der Waals surface area contributed by atoms with Crippen molar-refractivity contribution in [3.05, 3.63) is 108 Å². The van der Waals surface area contributed by atoms with Crippen molar-refractivity contribution in [3.8, 4) is 0 Å². The summed E-state index contributed by atoms with van der Waals surface area (Å²) in [5.41, 5.74) is 1.28. The molecule has 0 saturated carbocycles. The van der Waals surface area contributed by atoms with Crippen LogP contribution in [0.3, 0.4) is 0 Å². The average molecular weight is 475 g/mol. The van der Waals surface area contributed by atoms with Gasteiger partial charge in [0, 0.05) is 25.8 Å². The first-order valence-electron chi connectivity index (χ1n) is 11.3. The van der Waals surface area contributed by atoms with Crippen molar-refractivity contribution in [2.75, 3.05) is 26.8 Å². The number of amides is 2. The molecular formula is C28H27FN2O4. The van der Waals surface area contributed by atoms with Crippen LogP contribution in [-0.4, -0.2) is 48.4 Å². The highest BCUT2D eigenvalue weighted by Gasteiger charge is 2.23. The van der Waals surface area contributed by atoms with E-state index in [-0.39, 0.29) is 43.8 Å². The van der Waals surface area contributed by atoms with Crippen LogP contribution in [-0.2, 0) is 22.6 Å². The number of nitrogens with zero attached hydrogens (tertiary/aromatic N) is 2. The quantitative estimate of drug-likeness (QED) is 0.328. The van der Waals surface area contributed by atoms with Gasteiger partial charge in [0.25, 0.3) is 5.91 Å². The van der Waals surface area contributed by atoms with Gasteiger partial charge in [-0.1, -0.05) is 42.5 Å². The molecule has 0 aliphatic rings. The van der Waals surface area contributed by atoms with Gasteiger partial charge in [-0.3, -0.25) is 9.59 Å². The number of benzene rings is 3. The fourth-order valence-corrected chi connectivity index (χ4v) is 3.86. The summed E-state index contributed by atoms with van der Waals surface area (Å²) in [5.74, 6) is -0.231. The smallest absolute Gasteiger partial charge is 0.254 e. The molecule has 0 saturated heterocycles. The molecule has 4 aromatic rings. The van der Waals surface area contributed by atoms with Gasteiger partial charge in [0.2, 0.25) is 5.91 Å². The van der Waals surface area contributed by atoms with Gasteiger partial charge in [0.15, 0.2) is 0 Å². The average Bonchev–Trinajstić information content (AvgIpc) is 3.40. The molecule has 180 valence electrons. The molecule has 0 N–H and O–H groups in total. The number of furan rings is 1. The number of hydrogen-bond acceptors (Lipinski definition) is 4. The number of ether oxygens (including phenoxy) is 1. The molecule has 2 amide bonds. The first-order valence-corrected chi connectivity index (χ1v) is 11.3. The molecule has 0 aliphatic heterocycles. The Morgan fingerprint density at radius 2 is 1.66 bits per heavy atom. The molecule has 1 heterocycles. The Bertz CT molecular complexity index is 1270. The van der Waals surface area contributed by atoms with Crippen LogP contribution >= 0.6 is 0 Å². The predicted molar refractivity (Wildman–Crippen MR) is 131 cm³/mol. The molecule has 3 aromatic carbocycles. The summed E-state index contributed by atoms with van der Waals surface area (Å²) in [6.45, 7) is 0.909. The van der Waals surface area contributed by atoms with Crippen molar-refractivity contribution in [1.82, 2.24) is 9.80 Å². The fraction of sp³-hybridized carbons (Fsp3) is 0.214. The number of hydrogen-bond donors (Lipinski definition) is 0. The maximum absolute atomic E-state index is 13.4. The van der Waals surface area contributed by atoms with E-state index in [4.69, 9.17) is 9.15 Å². The maximum Gasteiger partial charge on any atom is 0.254 e. The molecule has 0 atom stereocenters. The van der Waals surface area contributed by atoms with Gasteiger partial charge >= 0.3 is 0 Å². The third kappa shape index (κ3) is 6.33. The molecule has 1 aromatic heterocycles. The Kier molecular flexibility index (Phi) is 7.90. The van der Waals surface area contributed by atoms with Crippen molar-refractivity contribution in [2.45, 2.75) is 13.1 Å². The monoisotopic (exact) mass is 474 g/mol. The fourth-order valence-electron chi connectivity index (χ4n) is 3.86. The third-order valence-electron chi connectivity index (χ3n) is 5.74. The van der Waals surface area contributed by atoms with Gasteiger partial charge in [-0.15, -0.1) is 0 Å². The number of carbonyl (C=O) groups is 2. The van der Waals surface area contributed by atoms with E-state index < -0.39 is 0 Å². The number of carbonyl (C=O) groups excluding carboxylic acids is 2. The van der Waals surface area contributed by atoms with Crippen LogP contribution < -0.4 is 0 Å². The lowest BCUT2D eigenvalue weighted by Gasteiger charge is -2.27. The summed E-state index contributed by atoms with van der Waals surface area (Å²) in [4.78, 5) is 29.9. The molecular weight excluding hydrogens is 447 g/mol. The van der Waals surface area contributed by atoms with Gasteiger partial charge in [-0.2, -0.15) is 0 Å². The van der Waals surface area contributed by atoms with Crippen molar-refractivity contribution >= 4 is 22.6 Å². The van der Waals surface area contributed by atoms with Crippen molar-refractivity contribution in [3.63, 3.8) is 0 Å². The zero-order valence-corrected chi connectivity index (χ0v) is 19.5. The van der Waals surface area contributed by atoms with E-state index in [1.165, 1.54) is 17.0 Å². The van der Waals surface area contributed by atoms with Gasteiger partial charge in [-0.05, 0) is 52.7 Å². The van der Waals surface area contributed by atoms with E-state index in [1.54, 1.807) is 48.6 Å². The normalized spacial score (nSPS) is 10.9. The Morgan fingerprint density at radius 1 is 0.886 bits per heavy atom. The lowest BCUT2D eigenvalue weighted by Crippen LogP contribution is -2.43. The summed E-state index contributed by atoms with van der Waals surface area (Å²) in [6.07, 6.45) is 1.55. The largest absolute Gasteiger partial charge is 0.467 e. The Hall–Kier alpha value is -3.97. The minimum Gasteiger partial charge on any atom is -0.467 e. The van der Waals surface area contributed by atoms with Gasteiger partial charge in [0.1, 0.15) is 18.1 Å². The van der Waals surface area contributed by atoms with Crippen molar-refractivity contribution < 1.29 is 23.1 Å². The molecule has 4 rings (SSSR count). The summed E-state index contributed by atoms with van der Waals surface area (Å²) >= 11 is 0. The molecule has 0 radical (unpaired) electrons. The summed E-state index contributed by atoms with van der Waals surface area (Å²) in [5, 5.41) is 1.99. The second kappa shape index (κ2) is 11.4. The zero-order chi connectivity index (χ0) is 24.6. The standard InChI is InChI=1S/C28H27FN2O4/c1-34-16-14-30(28(33)24-11-10-22-5-2-3-6-23(22)17-24)20-27(32)31(19-26-7-4-15-35-26)18-21-8-12-25(29)13-9-21/h2-13,15,17H,14,16,18-20H2,1H3. The summed E-state index contributed by atoms with van der Waals surface area (Å²) in [6, 6.07) is 22.8. The number of rotatable bonds is 10. The topological polar surface area (TPSA) is 63.0 Å². The van der Waals surface area contributed by atoms with Crippen molar-refractivity contribution in [2.24, 2.45) is 0 Å². The first kappa shape index (κ1) is 24.2. The minimum absolute atomic E-state index is 0.128. The van der Waals surface area contributed by atoms with Crippen LogP contribution in [0.2, 0.25) is 0 Å². The van der Waals surface area contributed by atoms with E-state index in [1.807, 2.05) is 36.4 Å². The SMILES string of the molecule is COCCN(CC(=O)N(Cc1ccc(F)cc1)Cc1ccco1)C(=O)c1ccc2ccccc2c1. The molecule has 7 heteroatoms. The highest BCUT2D eigenvalue weighted by atomic mass is 19.1. The molecule has 0 bridgehead atoms. The number of methoxy groups -OCH3 is 1. The van der Waals surface area contributed by atoms with E-state index in [0.717, 1.165) is 16.3 Å². The van der Waals surface area contributed by atoms with Crippen molar-refractivity contribution in [1.29, 1.82) is 0 Å². The molecule has 0 aliphatic carbocycles. The lowest BCUT2D eigenvalue weighted by atomic mass is 10.1. The van der Waals surface area contributed by atoms with Crippen LogP contribution in [0, 0.1) is 5.82 Å². The van der Waals surface area contributed by atoms with Crippen LogP contribution in [0.5, 0.6) is 0 Å². The Morgan fingerprint density at radius 3 is 2.37 bits per heavy atom.